The molecule has 2 rings (SSSR count). The number of hydrogen-bond acceptors (Lipinski definition) is 3. The van der Waals surface area contributed by atoms with Gasteiger partial charge in [0.25, 0.3) is 5.69 Å². The molecule has 1 unspecified atom stereocenters. The molecule has 0 heterocycles. The van der Waals surface area contributed by atoms with Crippen LogP contribution in [0.1, 0.15) is 39.0 Å². The Morgan fingerprint density at radius 1 is 1.37 bits per heavy atom. The third-order valence-electron chi connectivity index (χ3n) is 3.89. The molecule has 104 valence electrons. The molecule has 1 saturated carbocycles. The molecule has 1 atom stereocenters. The molecule has 4 nitrogen and oxygen atoms in total. The Labute approximate surface area is 118 Å². The van der Waals surface area contributed by atoms with E-state index in [-0.39, 0.29) is 10.7 Å². The SMILES string of the molecule is CC(Nc1ccc(Cl)c([N+](=O)[O-])c1)C1CCCCC1. The molecule has 0 spiro atoms. The largest absolute Gasteiger partial charge is 0.382 e. The van der Waals surface area contributed by atoms with Crippen molar-refractivity contribution >= 4 is 23.0 Å². The van der Waals surface area contributed by atoms with Crippen LogP contribution in [0.25, 0.3) is 0 Å². The lowest BCUT2D eigenvalue weighted by molar-refractivity contribution is -0.384. The van der Waals surface area contributed by atoms with Crippen LogP contribution in [0.3, 0.4) is 0 Å². The van der Waals surface area contributed by atoms with E-state index in [1.165, 1.54) is 38.2 Å². The fourth-order valence-corrected chi connectivity index (χ4v) is 2.94. The first kappa shape index (κ1) is 14.1. The second-order valence-corrected chi connectivity index (χ2v) is 5.66. The van der Waals surface area contributed by atoms with Crippen molar-refractivity contribution in [3.8, 4) is 0 Å². The highest BCUT2D eigenvalue weighted by Gasteiger charge is 2.21. The molecule has 0 saturated heterocycles. The molecule has 0 aromatic heterocycles. The van der Waals surface area contributed by atoms with Crippen LogP contribution in [-0.4, -0.2) is 11.0 Å². The monoisotopic (exact) mass is 282 g/mol. The van der Waals surface area contributed by atoms with Crippen LogP contribution in [0.2, 0.25) is 5.02 Å². The van der Waals surface area contributed by atoms with Crippen LogP contribution in [0, 0.1) is 16.0 Å². The van der Waals surface area contributed by atoms with Crippen molar-refractivity contribution in [3.63, 3.8) is 0 Å². The van der Waals surface area contributed by atoms with Crippen molar-refractivity contribution in [1.82, 2.24) is 0 Å². The Hall–Kier alpha value is -1.29. The zero-order valence-corrected chi connectivity index (χ0v) is 11.8. The Morgan fingerprint density at radius 3 is 2.68 bits per heavy atom. The van der Waals surface area contributed by atoms with Crippen molar-refractivity contribution in [1.29, 1.82) is 0 Å². The van der Waals surface area contributed by atoms with Gasteiger partial charge >= 0.3 is 0 Å². The van der Waals surface area contributed by atoms with Gasteiger partial charge in [-0.3, -0.25) is 10.1 Å². The van der Waals surface area contributed by atoms with Crippen LogP contribution in [0.4, 0.5) is 11.4 Å². The van der Waals surface area contributed by atoms with Crippen LogP contribution < -0.4 is 5.32 Å². The molecule has 19 heavy (non-hydrogen) atoms. The lowest BCUT2D eigenvalue weighted by Crippen LogP contribution is -2.27. The van der Waals surface area contributed by atoms with Gasteiger partial charge in [0.1, 0.15) is 5.02 Å². The average Bonchev–Trinajstić information content (AvgIpc) is 2.41. The Bertz CT molecular complexity index is 459. The Kier molecular flexibility index (Phi) is 4.64. The van der Waals surface area contributed by atoms with Crippen molar-refractivity contribution < 1.29 is 4.92 Å². The smallest absolute Gasteiger partial charge is 0.289 e. The summed E-state index contributed by atoms with van der Waals surface area (Å²) in [7, 11) is 0. The van der Waals surface area contributed by atoms with Gasteiger partial charge in [-0.15, -0.1) is 0 Å². The number of nitro benzene ring substituents is 1. The van der Waals surface area contributed by atoms with Gasteiger partial charge in [0.15, 0.2) is 0 Å². The maximum absolute atomic E-state index is 10.9. The van der Waals surface area contributed by atoms with Gasteiger partial charge in [-0.1, -0.05) is 30.9 Å². The van der Waals surface area contributed by atoms with E-state index in [1.807, 2.05) is 0 Å². The third-order valence-corrected chi connectivity index (χ3v) is 4.21. The Balaban J connectivity index is 2.05. The van der Waals surface area contributed by atoms with Gasteiger partial charge in [0.2, 0.25) is 0 Å². The van der Waals surface area contributed by atoms with Gasteiger partial charge in [0.05, 0.1) is 4.92 Å². The van der Waals surface area contributed by atoms with Gasteiger partial charge in [-0.25, -0.2) is 0 Å². The topological polar surface area (TPSA) is 55.2 Å². The molecule has 0 amide bonds. The number of rotatable bonds is 4. The number of hydrogen-bond donors (Lipinski definition) is 1. The molecule has 1 fully saturated rings. The first-order valence-corrected chi connectivity index (χ1v) is 7.16. The molecule has 0 bridgehead atoms. The normalized spacial score (nSPS) is 18.0. The minimum absolute atomic E-state index is 0.0393. The van der Waals surface area contributed by atoms with E-state index in [4.69, 9.17) is 11.6 Å². The molecule has 1 aromatic rings. The summed E-state index contributed by atoms with van der Waals surface area (Å²) in [5.41, 5.74) is 0.733. The van der Waals surface area contributed by atoms with E-state index in [1.54, 1.807) is 12.1 Å². The van der Waals surface area contributed by atoms with E-state index >= 15 is 0 Å². The number of anilines is 1. The summed E-state index contributed by atoms with van der Waals surface area (Å²) in [6.45, 7) is 2.15. The summed E-state index contributed by atoms with van der Waals surface area (Å²) >= 11 is 5.81. The van der Waals surface area contributed by atoms with E-state index in [9.17, 15) is 10.1 Å². The van der Waals surface area contributed by atoms with E-state index in [2.05, 4.69) is 12.2 Å². The summed E-state index contributed by atoms with van der Waals surface area (Å²) in [6.07, 6.45) is 6.39. The minimum Gasteiger partial charge on any atom is -0.382 e. The Morgan fingerprint density at radius 2 is 2.05 bits per heavy atom. The average molecular weight is 283 g/mol. The van der Waals surface area contributed by atoms with Gasteiger partial charge in [-0.2, -0.15) is 0 Å². The molecular weight excluding hydrogens is 264 g/mol. The standard InChI is InChI=1S/C14H19ClN2O2/c1-10(11-5-3-2-4-6-11)16-12-7-8-13(15)14(9-12)17(18)19/h7-11,16H,2-6H2,1H3. The summed E-state index contributed by atoms with van der Waals surface area (Å²) in [5, 5.41) is 14.4. The van der Waals surface area contributed by atoms with E-state index < -0.39 is 4.92 Å². The van der Waals surface area contributed by atoms with Gasteiger partial charge in [0, 0.05) is 17.8 Å². The molecule has 1 N–H and O–H groups in total. The summed E-state index contributed by atoms with van der Waals surface area (Å²) < 4.78 is 0. The summed E-state index contributed by atoms with van der Waals surface area (Å²) in [5.74, 6) is 0.656. The highest BCUT2D eigenvalue weighted by molar-refractivity contribution is 6.32. The zero-order chi connectivity index (χ0) is 13.8. The van der Waals surface area contributed by atoms with Crippen LogP contribution in [-0.2, 0) is 0 Å². The number of halogens is 1. The second-order valence-electron chi connectivity index (χ2n) is 5.25. The number of benzene rings is 1. The lowest BCUT2D eigenvalue weighted by atomic mass is 9.84. The second kappa shape index (κ2) is 6.24. The maximum Gasteiger partial charge on any atom is 0.289 e. The number of nitro groups is 1. The van der Waals surface area contributed by atoms with Crippen molar-refractivity contribution in [2.45, 2.75) is 45.1 Å². The van der Waals surface area contributed by atoms with Gasteiger partial charge in [-0.05, 0) is 37.8 Å². The van der Waals surface area contributed by atoms with Crippen LogP contribution in [0.15, 0.2) is 18.2 Å². The minimum atomic E-state index is -0.446. The highest BCUT2D eigenvalue weighted by Crippen LogP contribution is 2.31. The first-order valence-electron chi connectivity index (χ1n) is 6.78. The third kappa shape index (κ3) is 3.60. The van der Waals surface area contributed by atoms with Crippen molar-refractivity contribution in [2.24, 2.45) is 5.92 Å². The molecule has 0 radical (unpaired) electrons. The fourth-order valence-electron chi connectivity index (χ4n) is 2.76. The molecule has 1 aromatic carbocycles. The van der Waals surface area contributed by atoms with Crippen LogP contribution >= 0.6 is 11.6 Å². The molecule has 1 aliphatic carbocycles. The number of nitrogens with zero attached hydrogens (tertiary/aromatic N) is 1. The van der Waals surface area contributed by atoms with Crippen LogP contribution in [0.5, 0.6) is 0 Å². The van der Waals surface area contributed by atoms with Crippen molar-refractivity contribution in [2.75, 3.05) is 5.32 Å². The van der Waals surface area contributed by atoms with Gasteiger partial charge < -0.3 is 5.32 Å². The summed E-state index contributed by atoms with van der Waals surface area (Å²) in [6, 6.07) is 5.23. The zero-order valence-electron chi connectivity index (χ0n) is 11.1. The maximum atomic E-state index is 10.9. The van der Waals surface area contributed by atoms with E-state index in [0.29, 0.717) is 12.0 Å². The highest BCUT2D eigenvalue weighted by atomic mass is 35.5. The molecule has 1 aliphatic rings. The summed E-state index contributed by atoms with van der Waals surface area (Å²) in [4.78, 5) is 10.4. The quantitative estimate of drug-likeness (QED) is 0.647. The predicted octanol–water partition coefficient (Wildman–Crippen LogP) is 4.63. The fraction of sp³-hybridized carbons (Fsp3) is 0.571. The first-order chi connectivity index (χ1) is 9.08. The predicted molar refractivity (Wildman–Crippen MR) is 77.8 cm³/mol. The molecule has 5 heteroatoms. The lowest BCUT2D eigenvalue weighted by Gasteiger charge is -2.29. The van der Waals surface area contributed by atoms with E-state index in [0.717, 1.165) is 5.69 Å². The number of nitrogens with one attached hydrogen (secondary N) is 1. The molecule has 0 aliphatic heterocycles. The van der Waals surface area contributed by atoms with Crippen molar-refractivity contribution in [3.05, 3.63) is 33.3 Å². The molecular formula is C14H19ClN2O2.